The molecular formula is C15H14FN3OS. The van der Waals surface area contributed by atoms with Gasteiger partial charge in [-0.05, 0) is 18.1 Å². The van der Waals surface area contributed by atoms with Crippen LogP contribution >= 0.6 is 11.8 Å². The van der Waals surface area contributed by atoms with Gasteiger partial charge in [-0.15, -0.1) is 0 Å². The number of aromatic amines is 1. The lowest BCUT2D eigenvalue weighted by Gasteiger charge is -2.05. The number of aryl methyl sites for hydroxylation is 1. The Morgan fingerprint density at radius 3 is 3.00 bits per heavy atom. The van der Waals surface area contributed by atoms with Crippen LogP contribution in [0, 0.1) is 17.1 Å². The van der Waals surface area contributed by atoms with E-state index >= 15 is 0 Å². The first-order valence-electron chi connectivity index (χ1n) is 6.54. The molecule has 6 heteroatoms. The molecule has 0 unspecified atom stereocenters. The Morgan fingerprint density at radius 1 is 1.48 bits per heavy atom. The van der Waals surface area contributed by atoms with Crippen molar-refractivity contribution in [2.45, 2.75) is 30.7 Å². The largest absolute Gasteiger partial charge is 0.301 e. The molecule has 1 aromatic carbocycles. The molecule has 0 aliphatic heterocycles. The molecule has 2 rings (SSSR count). The summed E-state index contributed by atoms with van der Waals surface area (Å²) in [6.07, 6.45) is 1.63. The highest BCUT2D eigenvalue weighted by Gasteiger charge is 2.09. The Hall–Kier alpha value is -2.13. The van der Waals surface area contributed by atoms with Gasteiger partial charge in [-0.1, -0.05) is 37.2 Å². The number of H-pyrrole nitrogens is 1. The topological polar surface area (TPSA) is 69.5 Å². The quantitative estimate of drug-likeness (QED) is 0.681. The normalized spacial score (nSPS) is 10.3. The van der Waals surface area contributed by atoms with Crippen LogP contribution in [-0.2, 0) is 12.2 Å². The fourth-order valence-corrected chi connectivity index (χ4v) is 2.73. The van der Waals surface area contributed by atoms with Crippen LogP contribution in [0.4, 0.5) is 4.39 Å². The number of nitrogens with one attached hydrogen (secondary N) is 1. The van der Waals surface area contributed by atoms with E-state index in [-0.39, 0.29) is 11.1 Å². The number of nitriles is 1. The van der Waals surface area contributed by atoms with Crippen LogP contribution in [0.3, 0.4) is 0 Å². The smallest absolute Gasteiger partial charge is 0.251 e. The van der Waals surface area contributed by atoms with Gasteiger partial charge in [0.15, 0.2) is 5.16 Å². The van der Waals surface area contributed by atoms with Crippen LogP contribution in [0.1, 0.15) is 30.2 Å². The highest BCUT2D eigenvalue weighted by Crippen LogP contribution is 2.22. The van der Waals surface area contributed by atoms with Crippen LogP contribution in [0.5, 0.6) is 0 Å². The predicted octanol–water partition coefficient (Wildman–Crippen LogP) is 3.03. The molecule has 1 heterocycles. The third kappa shape index (κ3) is 3.92. The molecule has 1 aromatic heterocycles. The van der Waals surface area contributed by atoms with E-state index in [1.54, 1.807) is 12.1 Å². The average molecular weight is 303 g/mol. The first-order chi connectivity index (χ1) is 10.1. The molecule has 1 N–H and O–H groups in total. The van der Waals surface area contributed by atoms with Gasteiger partial charge in [-0.3, -0.25) is 4.79 Å². The van der Waals surface area contributed by atoms with E-state index in [2.05, 4.69) is 9.97 Å². The van der Waals surface area contributed by atoms with Gasteiger partial charge in [0.2, 0.25) is 0 Å². The summed E-state index contributed by atoms with van der Waals surface area (Å²) in [5.41, 5.74) is 0.967. The van der Waals surface area contributed by atoms with Crippen molar-refractivity contribution in [3.8, 4) is 6.07 Å². The maximum atomic E-state index is 13.9. The van der Waals surface area contributed by atoms with Crippen molar-refractivity contribution in [3.63, 3.8) is 0 Å². The minimum absolute atomic E-state index is 0.0225. The summed E-state index contributed by atoms with van der Waals surface area (Å²) in [7, 11) is 0. The highest BCUT2D eigenvalue weighted by atomic mass is 32.2. The molecule has 0 bridgehead atoms. The molecule has 0 amide bonds. The summed E-state index contributed by atoms with van der Waals surface area (Å²) in [5.74, 6) is -0.209. The van der Waals surface area contributed by atoms with Crippen LogP contribution < -0.4 is 5.56 Å². The SMILES string of the molecule is CCCc1cc(=O)[nH]c(SCc2cccc(C#N)c2F)n1. The van der Waals surface area contributed by atoms with Crippen LogP contribution in [0.15, 0.2) is 34.2 Å². The predicted molar refractivity (Wildman–Crippen MR) is 79.5 cm³/mol. The molecule has 2 aromatic rings. The second kappa shape index (κ2) is 7.04. The number of rotatable bonds is 5. The molecule has 0 atom stereocenters. The number of halogens is 1. The molecule has 0 radical (unpaired) electrons. The van der Waals surface area contributed by atoms with Crippen LogP contribution in [0.2, 0.25) is 0 Å². The summed E-state index contributed by atoms with van der Waals surface area (Å²) in [5, 5.41) is 9.27. The maximum Gasteiger partial charge on any atom is 0.251 e. The molecule has 0 saturated carbocycles. The lowest BCUT2D eigenvalue weighted by atomic mass is 10.1. The van der Waals surface area contributed by atoms with E-state index < -0.39 is 5.82 Å². The van der Waals surface area contributed by atoms with Gasteiger partial charge >= 0.3 is 0 Å². The zero-order valence-electron chi connectivity index (χ0n) is 11.5. The first-order valence-corrected chi connectivity index (χ1v) is 7.53. The van der Waals surface area contributed by atoms with Crippen molar-refractivity contribution in [2.75, 3.05) is 0 Å². The fourth-order valence-electron chi connectivity index (χ4n) is 1.86. The molecule has 21 heavy (non-hydrogen) atoms. The van der Waals surface area contributed by atoms with Crippen molar-refractivity contribution >= 4 is 11.8 Å². The van der Waals surface area contributed by atoms with E-state index in [9.17, 15) is 9.18 Å². The second-order valence-electron chi connectivity index (χ2n) is 4.47. The second-order valence-corrected chi connectivity index (χ2v) is 5.44. The fraction of sp³-hybridized carbons (Fsp3) is 0.267. The van der Waals surface area contributed by atoms with E-state index in [1.165, 1.54) is 23.9 Å². The molecule has 4 nitrogen and oxygen atoms in total. The van der Waals surface area contributed by atoms with E-state index in [1.807, 2.05) is 13.0 Å². The van der Waals surface area contributed by atoms with Gasteiger partial charge in [0.25, 0.3) is 5.56 Å². The van der Waals surface area contributed by atoms with Gasteiger partial charge in [-0.2, -0.15) is 5.26 Å². The maximum absolute atomic E-state index is 13.9. The molecule has 0 spiro atoms. The molecule has 0 saturated heterocycles. The molecular weight excluding hydrogens is 289 g/mol. The third-order valence-corrected chi connectivity index (χ3v) is 3.76. The Morgan fingerprint density at radius 2 is 2.29 bits per heavy atom. The van der Waals surface area contributed by atoms with Gasteiger partial charge in [0.1, 0.15) is 11.9 Å². The van der Waals surface area contributed by atoms with Gasteiger partial charge in [0.05, 0.1) is 5.56 Å². The Labute approximate surface area is 126 Å². The van der Waals surface area contributed by atoms with Crippen LogP contribution in [-0.4, -0.2) is 9.97 Å². The highest BCUT2D eigenvalue weighted by molar-refractivity contribution is 7.98. The number of benzene rings is 1. The minimum atomic E-state index is -0.514. The van der Waals surface area contributed by atoms with Gasteiger partial charge < -0.3 is 4.98 Å². The number of hydrogen-bond donors (Lipinski definition) is 1. The van der Waals surface area contributed by atoms with Crippen molar-refractivity contribution in [3.05, 3.63) is 57.3 Å². The van der Waals surface area contributed by atoms with E-state index in [4.69, 9.17) is 5.26 Å². The van der Waals surface area contributed by atoms with Gasteiger partial charge in [-0.25, -0.2) is 9.37 Å². The molecule has 0 aliphatic rings. The van der Waals surface area contributed by atoms with E-state index in [0.29, 0.717) is 16.5 Å². The molecule has 0 fully saturated rings. The monoisotopic (exact) mass is 303 g/mol. The Bertz CT molecular complexity index is 736. The summed E-state index contributed by atoms with van der Waals surface area (Å²) < 4.78 is 13.9. The van der Waals surface area contributed by atoms with E-state index in [0.717, 1.165) is 18.5 Å². The van der Waals surface area contributed by atoms with Gasteiger partial charge in [0, 0.05) is 17.5 Å². The lowest BCUT2D eigenvalue weighted by Crippen LogP contribution is -2.10. The first kappa shape index (κ1) is 15.3. The number of hydrogen-bond acceptors (Lipinski definition) is 4. The number of nitrogens with zero attached hydrogens (tertiary/aromatic N) is 2. The summed E-state index contributed by atoms with van der Waals surface area (Å²) in [6, 6.07) is 7.99. The zero-order chi connectivity index (χ0) is 15.2. The van der Waals surface area contributed by atoms with Crippen molar-refractivity contribution in [2.24, 2.45) is 0 Å². The lowest BCUT2D eigenvalue weighted by molar-refractivity contribution is 0.613. The van der Waals surface area contributed by atoms with Crippen molar-refractivity contribution < 1.29 is 4.39 Å². The van der Waals surface area contributed by atoms with Crippen molar-refractivity contribution in [1.82, 2.24) is 9.97 Å². The Balaban J connectivity index is 2.17. The minimum Gasteiger partial charge on any atom is -0.301 e. The number of aromatic nitrogens is 2. The Kier molecular flexibility index (Phi) is 5.12. The summed E-state index contributed by atoms with van der Waals surface area (Å²) in [4.78, 5) is 18.5. The van der Waals surface area contributed by atoms with Crippen molar-refractivity contribution in [1.29, 1.82) is 5.26 Å². The summed E-state index contributed by atoms with van der Waals surface area (Å²) >= 11 is 1.24. The average Bonchev–Trinajstić information content (AvgIpc) is 2.46. The summed E-state index contributed by atoms with van der Waals surface area (Å²) in [6.45, 7) is 2.01. The molecule has 108 valence electrons. The number of thioether (sulfide) groups is 1. The molecule has 0 aliphatic carbocycles. The zero-order valence-corrected chi connectivity index (χ0v) is 12.3. The third-order valence-electron chi connectivity index (χ3n) is 2.84. The standard InChI is InChI=1S/C15H14FN3OS/c1-2-4-12-7-13(20)19-15(18-12)21-9-11-6-3-5-10(8-17)14(11)16/h3,5-7H,2,4,9H2,1H3,(H,18,19,20). The van der Waals surface area contributed by atoms with Crippen LogP contribution in [0.25, 0.3) is 0 Å².